The molecule has 0 aliphatic heterocycles. The van der Waals surface area contributed by atoms with Crippen LogP contribution in [0.2, 0.25) is 6.04 Å². The molecule has 0 bridgehead atoms. The Bertz CT molecular complexity index is 334. The average molecular weight is 539 g/mol. The number of rotatable bonds is 24. The fourth-order valence-electron chi connectivity index (χ4n) is 2.32. The lowest BCUT2D eigenvalue weighted by Gasteiger charge is -2.08. The predicted octanol–water partition coefficient (Wildman–Crippen LogP) is -4.53. The van der Waals surface area contributed by atoms with Gasteiger partial charge in [0.15, 0.2) is 0 Å². The van der Waals surface area contributed by atoms with E-state index in [1.54, 1.807) is 0 Å². The molecule has 0 aliphatic carbocycles. The van der Waals surface area contributed by atoms with Crippen molar-refractivity contribution in [2.24, 2.45) is 0 Å². The number of aliphatic carboxylic acids is 1. The van der Waals surface area contributed by atoms with Gasteiger partial charge in [0.05, 0.1) is 0 Å². The lowest BCUT2D eigenvalue weighted by Crippen LogP contribution is -2.20. The Morgan fingerprint density at radius 3 is 1.57 bits per heavy atom. The molecule has 0 heterocycles. The lowest BCUT2D eigenvalue weighted by atomic mass is 10.1. The summed E-state index contributed by atoms with van der Waals surface area (Å²) in [7, 11) is -4.78. The van der Waals surface area contributed by atoms with Gasteiger partial charge >= 0.3 is 5.97 Å². The number of hydrogen-bond donors (Lipinski definition) is 1. The Hall–Kier alpha value is 0.925. The van der Waals surface area contributed by atoms with E-state index in [0.717, 1.165) is 29.7 Å². The van der Waals surface area contributed by atoms with E-state index in [4.69, 9.17) is 33.9 Å². The summed E-state index contributed by atoms with van der Waals surface area (Å²) in [4.78, 5) is 10.4. The van der Waals surface area contributed by atoms with Gasteiger partial charge in [-0.15, -0.1) is 0 Å². The third-order valence-electron chi connectivity index (χ3n) is 3.71. The predicted molar refractivity (Wildman–Crippen MR) is 131 cm³/mol. The van der Waals surface area contributed by atoms with Crippen LogP contribution in [0.1, 0.15) is 57.8 Å². The highest BCUT2D eigenvalue weighted by Gasteiger charge is 1.98. The SMILES string of the molecule is O=C(O)CCCCCCCCCC[SiH2]O[SiH2]O[SiH2]O[SiH2]O[SiH2]O[SiH2]O[SiH2]O[SiH3]. The molecule has 0 aromatic rings. The van der Waals surface area contributed by atoms with Gasteiger partial charge in [0.25, 0.3) is 60.0 Å². The minimum absolute atomic E-state index is 0.313. The molecule has 168 valence electrons. The van der Waals surface area contributed by atoms with Gasteiger partial charge in [-0.1, -0.05) is 44.9 Å². The number of carbonyl (C=O) groups is 1. The highest BCUT2D eigenvalue weighted by molar-refractivity contribution is 6.49. The van der Waals surface area contributed by atoms with Crippen LogP contribution in [0, 0.1) is 0 Å². The summed E-state index contributed by atoms with van der Waals surface area (Å²) >= 11 is 0. The number of hydrogen-bond acceptors (Lipinski definition) is 8. The van der Waals surface area contributed by atoms with Crippen LogP contribution in [0.5, 0.6) is 0 Å². The van der Waals surface area contributed by atoms with Gasteiger partial charge in [0.2, 0.25) is 0 Å². The fraction of sp³-hybridized carbons (Fsp3) is 0.909. The third-order valence-corrected chi connectivity index (χ3v) is 13.9. The first-order valence-corrected chi connectivity index (χ1v) is 19.3. The molecule has 0 amide bonds. The first-order chi connectivity index (χ1) is 13.8. The number of carboxylic acid groups (broad SMARTS) is 1. The molecular formula is C11H38O9Si8. The number of carboxylic acids is 1. The Balaban J connectivity index is 2.99. The second kappa shape index (κ2) is 26.0. The molecule has 0 spiro atoms. The molecule has 0 aromatic carbocycles. The maximum atomic E-state index is 10.4. The van der Waals surface area contributed by atoms with Gasteiger partial charge in [0, 0.05) is 6.42 Å². The van der Waals surface area contributed by atoms with Crippen molar-refractivity contribution in [3.05, 3.63) is 0 Å². The van der Waals surface area contributed by atoms with Crippen molar-refractivity contribution in [1.29, 1.82) is 0 Å². The summed E-state index contributed by atoms with van der Waals surface area (Å²) < 4.78 is 37.8. The van der Waals surface area contributed by atoms with Gasteiger partial charge in [-0.3, -0.25) is 4.79 Å². The monoisotopic (exact) mass is 538 g/mol. The lowest BCUT2D eigenvalue weighted by molar-refractivity contribution is -0.137. The van der Waals surface area contributed by atoms with Crippen LogP contribution in [0.3, 0.4) is 0 Å². The standard InChI is InChI=1S/C11H38O9Si8/c12-11(13)9-7-5-3-1-2-4-6-8-10-22-15-24-17-26-19-28-20-27-18-25-16-23-14-21/h1-10,22-28H2,21H3,(H,12,13). The Morgan fingerprint density at radius 2 is 1.07 bits per heavy atom. The highest BCUT2D eigenvalue weighted by atomic mass is 28.4. The van der Waals surface area contributed by atoms with Crippen molar-refractivity contribution in [3.8, 4) is 0 Å². The van der Waals surface area contributed by atoms with E-state index in [1.165, 1.54) is 38.1 Å². The van der Waals surface area contributed by atoms with Crippen molar-refractivity contribution < 1.29 is 38.7 Å². The summed E-state index contributed by atoms with van der Waals surface area (Å²) in [6, 6.07) is 1.23. The van der Waals surface area contributed by atoms with Crippen LogP contribution < -0.4 is 0 Å². The minimum Gasteiger partial charge on any atom is -0.481 e. The zero-order valence-electron chi connectivity index (χ0n) is 17.2. The second-order valence-electron chi connectivity index (χ2n) is 6.25. The molecule has 0 saturated heterocycles. The van der Waals surface area contributed by atoms with Gasteiger partial charge in [-0.2, -0.15) is 0 Å². The highest BCUT2D eigenvalue weighted by Crippen LogP contribution is 2.10. The zero-order valence-corrected chi connectivity index (χ0v) is 29.1. The second-order valence-corrected chi connectivity index (χ2v) is 20.9. The van der Waals surface area contributed by atoms with E-state index >= 15 is 0 Å². The first kappa shape index (κ1) is 28.9. The summed E-state index contributed by atoms with van der Waals surface area (Å²) in [6.45, 7) is 0. The molecular weight excluding hydrogens is 501 g/mol. The molecule has 0 aromatic heterocycles. The van der Waals surface area contributed by atoms with Crippen molar-refractivity contribution in [3.63, 3.8) is 0 Å². The van der Waals surface area contributed by atoms with Crippen molar-refractivity contribution in [2.75, 3.05) is 0 Å². The van der Waals surface area contributed by atoms with Crippen molar-refractivity contribution in [2.45, 2.75) is 63.8 Å². The molecule has 0 rings (SSSR count). The quantitative estimate of drug-likeness (QED) is 0.0962. The smallest absolute Gasteiger partial charge is 0.303 e. The maximum absolute atomic E-state index is 10.4. The van der Waals surface area contributed by atoms with Crippen LogP contribution in [0.25, 0.3) is 0 Å². The molecule has 0 fully saturated rings. The molecule has 9 nitrogen and oxygen atoms in total. The van der Waals surface area contributed by atoms with Gasteiger partial charge < -0.3 is 33.9 Å². The average Bonchev–Trinajstić information content (AvgIpc) is 2.68. The van der Waals surface area contributed by atoms with Gasteiger partial charge in [-0.25, -0.2) is 0 Å². The maximum Gasteiger partial charge on any atom is 0.303 e. The van der Waals surface area contributed by atoms with Gasteiger partial charge in [0.1, 0.15) is 20.2 Å². The minimum atomic E-state index is -0.916. The summed E-state index contributed by atoms with van der Waals surface area (Å²) in [5.74, 6) is -0.679. The molecule has 0 atom stereocenters. The molecule has 0 radical (unpaired) electrons. The fourth-order valence-corrected chi connectivity index (χ4v) is 15.4. The molecule has 28 heavy (non-hydrogen) atoms. The molecule has 0 aliphatic rings. The summed E-state index contributed by atoms with van der Waals surface area (Å²) in [5, 5.41) is 8.56. The normalized spacial score (nSPS) is 14.3. The van der Waals surface area contributed by atoms with E-state index in [2.05, 4.69) is 0 Å². The van der Waals surface area contributed by atoms with E-state index in [9.17, 15) is 4.79 Å². The summed E-state index contributed by atoms with van der Waals surface area (Å²) in [6.07, 6.45) is 9.66. The largest absolute Gasteiger partial charge is 0.481 e. The van der Waals surface area contributed by atoms with Crippen LogP contribution in [0.15, 0.2) is 0 Å². The third kappa shape index (κ3) is 26.9. The topological polar surface area (TPSA) is 102 Å². The molecule has 0 saturated carbocycles. The van der Waals surface area contributed by atoms with Gasteiger partial charge in [-0.05, 0) is 12.5 Å². The van der Waals surface area contributed by atoms with Crippen molar-refractivity contribution >= 4 is 86.3 Å². The van der Waals surface area contributed by atoms with Crippen LogP contribution in [-0.2, 0) is 33.6 Å². The van der Waals surface area contributed by atoms with E-state index in [0.29, 0.717) is 6.42 Å². The molecule has 1 N–H and O–H groups in total. The number of unbranched alkanes of at least 4 members (excludes halogenated alkanes) is 7. The molecule has 17 heteroatoms. The van der Waals surface area contributed by atoms with Crippen LogP contribution >= 0.6 is 0 Å². The zero-order chi connectivity index (χ0) is 20.5. The molecule has 0 unspecified atom stereocenters. The Labute approximate surface area is 188 Å². The Morgan fingerprint density at radius 1 is 0.643 bits per heavy atom. The summed E-state index contributed by atoms with van der Waals surface area (Å²) in [5.41, 5.74) is 0. The first-order valence-electron chi connectivity index (χ1n) is 9.94. The Kier molecular flexibility index (Phi) is 26.8. The van der Waals surface area contributed by atoms with E-state index < -0.39 is 75.8 Å². The van der Waals surface area contributed by atoms with Crippen molar-refractivity contribution in [1.82, 2.24) is 0 Å². The van der Waals surface area contributed by atoms with Crippen LogP contribution in [0.4, 0.5) is 0 Å². The van der Waals surface area contributed by atoms with E-state index in [-0.39, 0.29) is 0 Å². The van der Waals surface area contributed by atoms with Crippen LogP contribution in [-0.4, -0.2) is 91.4 Å². The van der Waals surface area contributed by atoms with E-state index in [1.807, 2.05) is 0 Å².